The van der Waals surface area contributed by atoms with Crippen LogP contribution in [0.25, 0.3) is 0 Å². The first-order chi connectivity index (χ1) is 20.0. The number of primary sulfonamides is 1. The summed E-state index contributed by atoms with van der Waals surface area (Å²) in [7, 11) is -6.50. The predicted molar refractivity (Wildman–Crippen MR) is 164 cm³/mol. The van der Waals surface area contributed by atoms with Gasteiger partial charge in [-0.15, -0.1) is 0 Å². The SMILES string of the molecule is CC1(C)C2CCC1(CS(=O)(=O)O)C(=O)C2.CCOc1ccccc1OCCN[C@H](C)Cc1ccc(OC)c(S(N)(=O)=O)c1. The third-order valence-electron chi connectivity index (χ3n) is 8.65. The van der Waals surface area contributed by atoms with E-state index in [1.165, 1.54) is 7.11 Å². The molecule has 240 valence electrons. The number of para-hydroxylation sites is 2. The molecule has 4 rings (SSSR count). The number of hydrogen-bond acceptors (Lipinski definition) is 9. The van der Waals surface area contributed by atoms with Gasteiger partial charge < -0.3 is 19.5 Å². The molecule has 2 aliphatic rings. The minimum absolute atomic E-state index is 0.00411. The fourth-order valence-electron chi connectivity index (χ4n) is 6.23. The Morgan fingerprint density at radius 1 is 1.07 bits per heavy atom. The highest BCUT2D eigenvalue weighted by Crippen LogP contribution is 2.64. The maximum Gasteiger partial charge on any atom is 0.265 e. The van der Waals surface area contributed by atoms with Crippen LogP contribution in [0.2, 0.25) is 0 Å². The van der Waals surface area contributed by atoms with E-state index in [2.05, 4.69) is 5.32 Å². The van der Waals surface area contributed by atoms with E-state index in [1.54, 1.807) is 12.1 Å². The lowest BCUT2D eigenvalue weighted by atomic mass is 9.70. The molecule has 43 heavy (non-hydrogen) atoms. The Bertz CT molecular complexity index is 1490. The van der Waals surface area contributed by atoms with E-state index in [4.69, 9.17) is 23.9 Å². The highest BCUT2D eigenvalue weighted by atomic mass is 32.2. The topological polar surface area (TPSA) is 171 Å². The van der Waals surface area contributed by atoms with Gasteiger partial charge in [-0.25, -0.2) is 13.6 Å². The second-order valence-corrected chi connectivity index (χ2v) is 14.7. The van der Waals surface area contributed by atoms with Crippen molar-refractivity contribution in [2.75, 3.05) is 32.6 Å². The molecule has 2 bridgehead atoms. The molecule has 0 aromatic heterocycles. The summed E-state index contributed by atoms with van der Waals surface area (Å²) in [6.07, 6.45) is 2.61. The predicted octanol–water partition coefficient (Wildman–Crippen LogP) is 3.61. The lowest BCUT2D eigenvalue weighted by Gasteiger charge is -2.35. The van der Waals surface area contributed by atoms with Crippen LogP contribution in [-0.2, 0) is 31.4 Å². The number of rotatable bonds is 13. The van der Waals surface area contributed by atoms with Gasteiger partial charge in [-0.3, -0.25) is 9.35 Å². The Labute approximate surface area is 255 Å². The summed E-state index contributed by atoms with van der Waals surface area (Å²) in [5.41, 5.74) is -0.266. The van der Waals surface area contributed by atoms with Crippen LogP contribution in [-0.4, -0.2) is 65.8 Å². The van der Waals surface area contributed by atoms with Gasteiger partial charge in [0.15, 0.2) is 11.5 Å². The van der Waals surface area contributed by atoms with Crippen molar-refractivity contribution in [3.05, 3.63) is 48.0 Å². The molecule has 2 aliphatic carbocycles. The fraction of sp³-hybridized carbons (Fsp3) is 0.567. The van der Waals surface area contributed by atoms with Crippen molar-refractivity contribution in [1.82, 2.24) is 5.32 Å². The van der Waals surface area contributed by atoms with Gasteiger partial charge in [0, 0.05) is 19.0 Å². The molecule has 4 N–H and O–H groups in total. The Morgan fingerprint density at radius 3 is 2.23 bits per heavy atom. The number of nitrogens with one attached hydrogen (secondary N) is 1. The number of sulfonamides is 1. The number of benzene rings is 2. The normalized spacial score (nSPS) is 21.6. The number of hydrogen-bond donors (Lipinski definition) is 3. The first kappa shape index (κ1) is 34.8. The van der Waals surface area contributed by atoms with E-state index in [1.807, 2.05) is 58.0 Å². The van der Waals surface area contributed by atoms with Crippen molar-refractivity contribution >= 4 is 25.9 Å². The molecule has 0 heterocycles. The van der Waals surface area contributed by atoms with Crippen LogP contribution in [0, 0.1) is 16.7 Å². The molecule has 0 spiro atoms. The zero-order valence-corrected chi connectivity index (χ0v) is 27.1. The smallest absolute Gasteiger partial charge is 0.265 e. The molecule has 0 radical (unpaired) electrons. The summed E-state index contributed by atoms with van der Waals surface area (Å²) < 4.78 is 70.8. The number of methoxy groups -OCH3 is 1. The minimum atomic E-state index is -4.08. The highest BCUT2D eigenvalue weighted by molar-refractivity contribution is 7.89. The second kappa shape index (κ2) is 13.9. The molecule has 2 saturated carbocycles. The van der Waals surface area contributed by atoms with Gasteiger partial charge >= 0.3 is 0 Å². The average molecular weight is 641 g/mol. The van der Waals surface area contributed by atoms with Crippen molar-refractivity contribution in [3.8, 4) is 17.2 Å². The molecule has 2 unspecified atom stereocenters. The zero-order valence-electron chi connectivity index (χ0n) is 25.5. The molecule has 0 aliphatic heterocycles. The number of Topliss-reactive ketones (excluding diaryl/α,β-unsaturated/α-hetero) is 1. The molecule has 2 aromatic rings. The third kappa shape index (κ3) is 8.48. The molecule has 3 atom stereocenters. The van der Waals surface area contributed by atoms with Gasteiger partial charge in [-0.2, -0.15) is 8.42 Å². The first-order valence-electron chi connectivity index (χ1n) is 14.3. The van der Waals surface area contributed by atoms with Gasteiger partial charge in [-0.05, 0) is 74.3 Å². The summed E-state index contributed by atoms with van der Waals surface area (Å²) in [6, 6.07) is 12.7. The average Bonchev–Trinajstić information content (AvgIpc) is 3.25. The molecule has 11 nitrogen and oxygen atoms in total. The summed E-state index contributed by atoms with van der Waals surface area (Å²) in [5.74, 6) is 1.59. The molecule has 13 heteroatoms. The molecule has 0 amide bonds. The van der Waals surface area contributed by atoms with Gasteiger partial charge in [0.1, 0.15) is 23.0 Å². The standard InChI is InChI=1S/C20H28N2O5S.C10H16O4S/c1-4-26-17-7-5-6-8-18(17)27-12-11-22-15(2)13-16-9-10-19(25-3)20(14-16)28(21,23)24;1-9(2)7-3-4-10(9,8(11)5-7)6-15(12,13)14/h5-10,14-15,22H,4,11-13H2,1-3H3,(H2,21,23,24);7H,3-6H2,1-2H3,(H,12,13,14)/t15-;/m1./s1. The Kier molecular flexibility index (Phi) is 11.3. The lowest BCUT2D eigenvalue weighted by Crippen LogP contribution is -2.42. The quantitative estimate of drug-likeness (QED) is 0.217. The summed E-state index contributed by atoms with van der Waals surface area (Å²) in [6.45, 7) is 9.55. The monoisotopic (exact) mass is 640 g/mol. The van der Waals surface area contributed by atoms with E-state index >= 15 is 0 Å². The number of ether oxygens (including phenoxy) is 3. The molecule has 2 fully saturated rings. The Hall–Kier alpha value is -2.71. The second-order valence-electron chi connectivity index (χ2n) is 11.7. The molecular formula is C30H44N2O9S2. The number of fused-ring (bicyclic) bond motifs is 2. The maximum absolute atomic E-state index is 11.9. The largest absolute Gasteiger partial charge is 0.495 e. The van der Waals surface area contributed by atoms with Crippen LogP contribution in [0.4, 0.5) is 0 Å². The number of carbonyl (C=O) groups excluding carboxylic acids is 1. The Balaban J connectivity index is 0.000000282. The fourth-order valence-corrected chi connectivity index (χ4v) is 8.27. The van der Waals surface area contributed by atoms with Crippen molar-refractivity contribution in [2.24, 2.45) is 21.9 Å². The van der Waals surface area contributed by atoms with E-state index < -0.39 is 31.3 Å². The van der Waals surface area contributed by atoms with Crippen LogP contribution < -0.4 is 24.7 Å². The van der Waals surface area contributed by atoms with Crippen LogP contribution in [0.3, 0.4) is 0 Å². The minimum Gasteiger partial charge on any atom is -0.495 e. The van der Waals surface area contributed by atoms with Crippen LogP contribution in [0.15, 0.2) is 47.4 Å². The van der Waals surface area contributed by atoms with E-state index in [9.17, 15) is 21.6 Å². The van der Waals surface area contributed by atoms with Crippen molar-refractivity contribution in [1.29, 1.82) is 0 Å². The van der Waals surface area contributed by atoms with E-state index in [0.717, 1.165) is 17.7 Å². The Morgan fingerprint density at radius 2 is 1.72 bits per heavy atom. The third-order valence-corrected chi connectivity index (χ3v) is 10.4. The van der Waals surface area contributed by atoms with Crippen LogP contribution >= 0.6 is 0 Å². The number of nitrogens with two attached hydrogens (primary N) is 1. The van der Waals surface area contributed by atoms with Crippen molar-refractivity contribution < 1.29 is 40.4 Å². The molecule has 0 saturated heterocycles. The van der Waals surface area contributed by atoms with E-state index in [-0.39, 0.29) is 33.8 Å². The van der Waals surface area contributed by atoms with E-state index in [0.29, 0.717) is 44.8 Å². The van der Waals surface area contributed by atoms with Gasteiger partial charge in [0.25, 0.3) is 10.1 Å². The summed E-state index contributed by atoms with van der Waals surface area (Å²) >= 11 is 0. The zero-order chi connectivity index (χ0) is 32.1. The van der Waals surface area contributed by atoms with Gasteiger partial charge in [-0.1, -0.05) is 32.0 Å². The number of carbonyl (C=O) groups is 1. The van der Waals surface area contributed by atoms with Crippen molar-refractivity contribution in [3.63, 3.8) is 0 Å². The van der Waals surface area contributed by atoms with Gasteiger partial charge in [0.05, 0.1) is 24.9 Å². The molecular weight excluding hydrogens is 596 g/mol. The van der Waals surface area contributed by atoms with Crippen LogP contribution in [0.5, 0.6) is 17.2 Å². The highest BCUT2D eigenvalue weighted by Gasteiger charge is 2.65. The lowest BCUT2D eigenvalue weighted by molar-refractivity contribution is -0.128. The molecule has 2 aromatic carbocycles. The van der Waals surface area contributed by atoms with Crippen LogP contribution in [0.1, 0.15) is 52.5 Å². The van der Waals surface area contributed by atoms with Crippen molar-refractivity contribution in [2.45, 2.75) is 64.3 Å². The number of ketones is 1. The summed E-state index contributed by atoms with van der Waals surface area (Å²) in [5, 5.41) is 8.63. The first-order valence-corrected chi connectivity index (χ1v) is 17.5. The summed E-state index contributed by atoms with van der Waals surface area (Å²) in [4.78, 5) is 11.9. The van der Waals surface area contributed by atoms with Gasteiger partial charge in [0.2, 0.25) is 10.0 Å². The maximum atomic E-state index is 11.9.